The largest absolute Gasteiger partial charge is 0.497 e. The number of aryl methyl sites for hydroxylation is 1. The molecule has 0 unspecified atom stereocenters. The third kappa shape index (κ3) is 4.73. The van der Waals surface area contributed by atoms with Gasteiger partial charge in [0.15, 0.2) is 0 Å². The molecule has 24 heavy (non-hydrogen) atoms. The van der Waals surface area contributed by atoms with Crippen LogP contribution in [0.1, 0.15) is 19.0 Å². The Kier molecular flexibility index (Phi) is 5.78. The highest BCUT2D eigenvalue weighted by Gasteiger charge is 2.05. The van der Waals surface area contributed by atoms with Crippen molar-refractivity contribution in [2.24, 2.45) is 10.7 Å². The number of rotatable bonds is 6. The second-order valence-corrected chi connectivity index (χ2v) is 5.03. The fourth-order valence-corrected chi connectivity index (χ4v) is 2.10. The first-order valence-corrected chi connectivity index (χ1v) is 7.48. The van der Waals surface area contributed by atoms with Crippen molar-refractivity contribution in [3.05, 3.63) is 40.3 Å². The Morgan fingerprint density at radius 1 is 1.25 bits per heavy atom. The van der Waals surface area contributed by atoms with Crippen LogP contribution < -0.4 is 26.1 Å². The zero-order chi connectivity index (χ0) is 17.5. The van der Waals surface area contributed by atoms with Crippen LogP contribution in [0, 0.1) is 0 Å². The molecule has 0 aliphatic heterocycles. The highest BCUT2D eigenvalue weighted by Crippen LogP contribution is 2.25. The topological polar surface area (TPSA) is 115 Å². The summed E-state index contributed by atoms with van der Waals surface area (Å²) in [6, 6.07) is 6.69. The lowest BCUT2D eigenvalue weighted by molar-refractivity contribution is 0.395. The molecule has 0 saturated heterocycles. The minimum Gasteiger partial charge on any atom is -0.497 e. The maximum atomic E-state index is 11.6. The highest BCUT2D eigenvalue weighted by molar-refractivity contribution is 5.93. The number of nitrogens with zero attached hydrogens (tertiary/aromatic N) is 2. The molecular formula is C16H21N5O3. The van der Waals surface area contributed by atoms with Gasteiger partial charge in [0.2, 0.25) is 11.9 Å². The van der Waals surface area contributed by atoms with Gasteiger partial charge in [-0.25, -0.2) is 4.98 Å². The van der Waals surface area contributed by atoms with Crippen molar-refractivity contribution < 1.29 is 9.47 Å². The predicted octanol–water partition coefficient (Wildman–Crippen LogP) is 1.80. The van der Waals surface area contributed by atoms with Gasteiger partial charge in [-0.15, -0.1) is 0 Å². The van der Waals surface area contributed by atoms with Gasteiger partial charge in [-0.3, -0.25) is 9.78 Å². The average Bonchev–Trinajstić information content (AvgIpc) is 2.53. The Balaban J connectivity index is 2.24. The van der Waals surface area contributed by atoms with E-state index in [1.807, 2.05) is 6.92 Å². The fraction of sp³-hybridized carbons (Fsp3) is 0.312. The third-order valence-electron chi connectivity index (χ3n) is 3.14. The molecule has 0 bridgehead atoms. The fourth-order valence-electron chi connectivity index (χ4n) is 2.10. The minimum absolute atomic E-state index is 0.0853. The van der Waals surface area contributed by atoms with Gasteiger partial charge in [-0.2, -0.15) is 4.99 Å². The third-order valence-corrected chi connectivity index (χ3v) is 3.14. The van der Waals surface area contributed by atoms with Crippen LogP contribution in [0.4, 0.5) is 11.6 Å². The molecule has 4 N–H and O–H groups in total. The van der Waals surface area contributed by atoms with Crippen molar-refractivity contribution in [1.82, 2.24) is 9.97 Å². The predicted molar refractivity (Wildman–Crippen MR) is 93.3 cm³/mol. The first kappa shape index (κ1) is 17.3. The molecule has 1 aromatic carbocycles. The van der Waals surface area contributed by atoms with E-state index in [1.54, 1.807) is 32.4 Å². The Bertz CT molecular complexity index is 763. The molecule has 2 rings (SSSR count). The molecule has 0 fully saturated rings. The van der Waals surface area contributed by atoms with E-state index in [2.05, 4.69) is 20.3 Å². The van der Waals surface area contributed by atoms with Gasteiger partial charge in [-0.1, -0.05) is 13.3 Å². The molecule has 1 aromatic heterocycles. The summed E-state index contributed by atoms with van der Waals surface area (Å²) >= 11 is 0. The number of aromatic nitrogens is 2. The van der Waals surface area contributed by atoms with Gasteiger partial charge in [0.05, 0.1) is 14.2 Å². The standard InChI is InChI=1S/C16H21N5O3/c1-4-5-10-8-14(22)20-16(19-10)21-15(17)18-11-6-12(23-2)9-13(7-11)24-3/h6-9H,4-5H2,1-3H3,(H4,17,18,19,20,21,22). The molecule has 0 radical (unpaired) electrons. The van der Waals surface area contributed by atoms with Crippen LogP contribution in [0.15, 0.2) is 34.1 Å². The van der Waals surface area contributed by atoms with E-state index in [1.165, 1.54) is 6.07 Å². The highest BCUT2D eigenvalue weighted by atomic mass is 16.5. The summed E-state index contributed by atoms with van der Waals surface area (Å²) in [5, 5.41) is 2.92. The van der Waals surface area contributed by atoms with Crippen molar-refractivity contribution in [2.75, 3.05) is 19.5 Å². The summed E-state index contributed by atoms with van der Waals surface area (Å²) in [4.78, 5) is 22.5. The van der Waals surface area contributed by atoms with Crippen molar-refractivity contribution in [3.63, 3.8) is 0 Å². The number of aromatic amines is 1. The molecular weight excluding hydrogens is 310 g/mol. The van der Waals surface area contributed by atoms with Gasteiger partial charge in [0.25, 0.3) is 5.56 Å². The lowest BCUT2D eigenvalue weighted by Gasteiger charge is -2.10. The molecule has 2 aromatic rings. The number of anilines is 1. The van der Waals surface area contributed by atoms with Gasteiger partial charge < -0.3 is 20.5 Å². The number of hydrogen-bond donors (Lipinski definition) is 3. The molecule has 0 atom stereocenters. The maximum Gasteiger partial charge on any atom is 0.252 e. The van der Waals surface area contributed by atoms with E-state index in [-0.39, 0.29) is 17.5 Å². The summed E-state index contributed by atoms with van der Waals surface area (Å²) in [7, 11) is 3.12. The van der Waals surface area contributed by atoms with Crippen LogP contribution in [0.5, 0.6) is 11.5 Å². The van der Waals surface area contributed by atoms with Gasteiger partial charge in [0, 0.05) is 35.6 Å². The van der Waals surface area contributed by atoms with E-state index in [0.717, 1.165) is 6.42 Å². The molecule has 0 aliphatic carbocycles. The zero-order valence-electron chi connectivity index (χ0n) is 13.9. The smallest absolute Gasteiger partial charge is 0.252 e. The van der Waals surface area contributed by atoms with Crippen molar-refractivity contribution in [2.45, 2.75) is 19.8 Å². The Morgan fingerprint density at radius 2 is 1.92 bits per heavy atom. The molecule has 8 nitrogen and oxygen atoms in total. The number of guanidine groups is 1. The van der Waals surface area contributed by atoms with E-state index < -0.39 is 0 Å². The molecule has 128 valence electrons. The summed E-state index contributed by atoms with van der Waals surface area (Å²) in [6.07, 6.45) is 1.59. The lowest BCUT2D eigenvalue weighted by atomic mass is 10.2. The zero-order valence-corrected chi connectivity index (χ0v) is 13.9. The van der Waals surface area contributed by atoms with E-state index in [4.69, 9.17) is 15.2 Å². The Labute approximate surface area is 139 Å². The first-order valence-electron chi connectivity index (χ1n) is 7.48. The van der Waals surface area contributed by atoms with E-state index in [0.29, 0.717) is 29.3 Å². The van der Waals surface area contributed by atoms with Crippen molar-refractivity contribution >= 4 is 17.6 Å². The molecule has 0 spiro atoms. The first-order chi connectivity index (χ1) is 11.5. The number of benzene rings is 1. The molecule has 0 amide bonds. The number of H-pyrrole nitrogens is 1. The number of methoxy groups -OCH3 is 2. The molecule has 0 aliphatic rings. The second kappa shape index (κ2) is 8.00. The number of aliphatic imine (C=N–C) groups is 1. The monoisotopic (exact) mass is 331 g/mol. The number of nitrogens with one attached hydrogen (secondary N) is 2. The van der Waals surface area contributed by atoms with Gasteiger partial charge >= 0.3 is 0 Å². The molecule has 0 saturated carbocycles. The maximum absolute atomic E-state index is 11.6. The van der Waals surface area contributed by atoms with Crippen LogP contribution in [0.25, 0.3) is 0 Å². The average molecular weight is 331 g/mol. The van der Waals surface area contributed by atoms with Crippen LogP contribution in [-0.2, 0) is 6.42 Å². The van der Waals surface area contributed by atoms with Gasteiger partial charge in [-0.05, 0) is 6.42 Å². The molecule has 1 heterocycles. The summed E-state index contributed by atoms with van der Waals surface area (Å²) in [5.74, 6) is 1.47. The molecule has 8 heteroatoms. The Morgan fingerprint density at radius 3 is 2.50 bits per heavy atom. The van der Waals surface area contributed by atoms with Crippen LogP contribution in [-0.4, -0.2) is 30.1 Å². The quantitative estimate of drug-likeness (QED) is 0.549. The van der Waals surface area contributed by atoms with Crippen molar-refractivity contribution in [1.29, 1.82) is 0 Å². The summed E-state index contributed by atoms with van der Waals surface area (Å²) in [5.41, 5.74) is 6.94. The second-order valence-electron chi connectivity index (χ2n) is 5.03. The van der Waals surface area contributed by atoms with E-state index in [9.17, 15) is 4.79 Å². The lowest BCUT2D eigenvalue weighted by Crippen LogP contribution is -2.22. The number of nitrogens with two attached hydrogens (primary N) is 1. The summed E-state index contributed by atoms with van der Waals surface area (Å²) in [6.45, 7) is 2.01. The van der Waals surface area contributed by atoms with Crippen molar-refractivity contribution in [3.8, 4) is 11.5 Å². The SMILES string of the molecule is CCCc1cc(=O)[nH]c(/N=C(\N)Nc2cc(OC)cc(OC)c2)n1. The number of hydrogen-bond acceptors (Lipinski definition) is 5. The van der Waals surface area contributed by atoms with E-state index >= 15 is 0 Å². The van der Waals surface area contributed by atoms with Crippen LogP contribution in [0.2, 0.25) is 0 Å². The van der Waals surface area contributed by atoms with Crippen LogP contribution >= 0.6 is 0 Å². The van der Waals surface area contributed by atoms with Gasteiger partial charge in [0.1, 0.15) is 11.5 Å². The Hall–Kier alpha value is -3.03. The normalized spacial score (nSPS) is 11.2. The van der Waals surface area contributed by atoms with Crippen LogP contribution in [0.3, 0.4) is 0 Å². The minimum atomic E-state index is -0.261. The summed E-state index contributed by atoms with van der Waals surface area (Å²) < 4.78 is 10.4. The number of ether oxygens (including phenoxy) is 2.